The number of aromatic nitrogens is 4. The fourth-order valence-electron chi connectivity index (χ4n) is 3.28. The first-order valence-corrected chi connectivity index (χ1v) is 10.3. The number of nitrogens with one attached hydrogen (secondary N) is 2. The van der Waals surface area contributed by atoms with Gasteiger partial charge >= 0.3 is 0 Å². The van der Waals surface area contributed by atoms with Gasteiger partial charge in [0, 0.05) is 61.6 Å². The molecule has 0 fully saturated rings. The second kappa shape index (κ2) is 10.1. The highest BCUT2D eigenvalue weighted by atomic mass is 16.1. The van der Waals surface area contributed by atoms with Crippen molar-refractivity contribution in [1.82, 2.24) is 25.3 Å². The van der Waals surface area contributed by atoms with Crippen molar-refractivity contribution < 1.29 is 4.79 Å². The Balaban J connectivity index is 1.37. The summed E-state index contributed by atoms with van der Waals surface area (Å²) in [6, 6.07) is 14.6. The van der Waals surface area contributed by atoms with Gasteiger partial charge in [-0.1, -0.05) is 18.2 Å². The van der Waals surface area contributed by atoms with Crippen LogP contribution in [-0.2, 0) is 19.4 Å². The van der Waals surface area contributed by atoms with Crippen molar-refractivity contribution in [2.75, 3.05) is 0 Å². The van der Waals surface area contributed by atoms with E-state index in [2.05, 4.69) is 25.3 Å². The third-order valence-electron chi connectivity index (χ3n) is 5.01. The number of hydrogen-bond acceptors (Lipinski definition) is 6. The summed E-state index contributed by atoms with van der Waals surface area (Å²) in [5.41, 5.74) is 4.81. The molecule has 4 heterocycles. The number of hydrogen-bond donors (Lipinski definition) is 2. The Bertz CT molecular complexity index is 1360. The van der Waals surface area contributed by atoms with Gasteiger partial charge in [0.25, 0.3) is 11.5 Å². The molecule has 162 valence electrons. The summed E-state index contributed by atoms with van der Waals surface area (Å²) in [4.78, 5) is 39.7. The average Bonchev–Trinajstić information content (AvgIpc) is 2.85. The van der Waals surface area contributed by atoms with Crippen LogP contribution in [0.1, 0.15) is 44.0 Å². The summed E-state index contributed by atoms with van der Waals surface area (Å²) in [6.45, 7) is 0.303. The molecule has 4 rings (SSSR count). The molecule has 4 aromatic heterocycles. The summed E-state index contributed by atoms with van der Waals surface area (Å²) in [6.07, 6.45) is 9.23. The normalized spacial score (nSPS) is 10.4. The van der Waals surface area contributed by atoms with E-state index < -0.39 is 0 Å². The average molecular weight is 436 g/mol. The zero-order valence-corrected chi connectivity index (χ0v) is 17.7. The maximum absolute atomic E-state index is 12.5. The fraction of sp³-hybridized carbons (Fsp3) is 0.120. The topological polar surface area (TPSA) is 124 Å². The first-order valence-electron chi connectivity index (χ1n) is 10.3. The summed E-state index contributed by atoms with van der Waals surface area (Å²) in [5, 5.41) is 11.6. The number of aromatic amines is 1. The van der Waals surface area contributed by atoms with Gasteiger partial charge in [0.15, 0.2) is 0 Å². The third-order valence-corrected chi connectivity index (χ3v) is 5.01. The van der Waals surface area contributed by atoms with Gasteiger partial charge in [0.05, 0.1) is 5.56 Å². The van der Waals surface area contributed by atoms with Crippen LogP contribution in [-0.4, -0.2) is 25.8 Å². The molecule has 8 nitrogen and oxygen atoms in total. The van der Waals surface area contributed by atoms with E-state index in [4.69, 9.17) is 5.26 Å². The lowest BCUT2D eigenvalue weighted by molar-refractivity contribution is 0.0950. The molecule has 0 atom stereocenters. The van der Waals surface area contributed by atoms with Crippen LogP contribution in [0.15, 0.2) is 78.2 Å². The number of rotatable bonds is 7. The van der Waals surface area contributed by atoms with Gasteiger partial charge in [0.2, 0.25) is 0 Å². The molecule has 0 aliphatic heterocycles. The lowest BCUT2D eigenvalue weighted by atomic mass is 10.1. The number of carbonyl (C=O) groups is 1. The van der Waals surface area contributed by atoms with Crippen LogP contribution in [0, 0.1) is 11.3 Å². The van der Waals surface area contributed by atoms with Gasteiger partial charge in [0.1, 0.15) is 11.8 Å². The Morgan fingerprint density at radius 1 is 0.970 bits per heavy atom. The highest BCUT2D eigenvalue weighted by Crippen LogP contribution is 2.12. The Morgan fingerprint density at radius 2 is 1.82 bits per heavy atom. The van der Waals surface area contributed by atoms with Gasteiger partial charge < -0.3 is 10.3 Å². The molecule has 0 radical (unpaired) electrons. The summed E-state index contributed by atoms with van der Waals surface area (Å²) in [7, 11) is 0. The Morgan fingerprint density at radius 3 is 2.55 bits per heavy atom. The van der Waals surface area contributed by atoms with Crippen molar-refractivity contribution in [3.8, 4) is 6.07 Å². The van der Waals surface area contributed by atoms with Crippen molar-refractivity contribution in [2.24, 2.45) is 0 Å². The highest BCUT2D eigenvalue weighted by Gasteiger charge is 2.09. The predicted molar refractivity (Wildman–Crippen MR) is 121 cm³/mol. The molecule has 0 unspecified atom stereocenters. The van der Waals surface area contributed by atoms with Crippen LogP contribution >= 0.6 is 0 Å². The first-order chi connectivity index (χ1) is 16.1. The monoisotopic (exact) mass is 436 g/mol. The van der Waals surface area contributed by atoms with Crippen molar-refractivity contribution in [3.05, 3.63) is 123 Å². The smallest absolute Gasteiger partial charge is 0.253 e. The SMILES string of the molecule is N#Cc1ccc(CNC(=O)c2cncc(Cc3ccc(Cc4ccc[nH]c4=O)nc3)c2)cn1. The van der Waals surface area contributed by atoms with Crippen molar-refractivity contribution in [2.45, 2.75) is 19.4 Å². The van der Waals surface area contributed by atoms with E-state index in [0.29, 0.717) is 36.2 Å². The first kappa shape index (κ1) is 21.6. The third kappa shape index (κ3) is 5.74. The highest BCUT2D eigenvalue weighted by molar-refractivity contribution is 5.94. The van der Waals surface area contributed by atoms with E-state index in [1.807, 2.05) is 18.2 Å². The van der Waals surface area contributed by atoms with Crippen LogP contribution in [0.5, 0.6) is 0 Å². The molecule has 33 heavy (non-hydrogen) atoms. The minimum Gasteiger partial charge on any atom is -0.348 e. The fourth-order valence-corrected chi connectivity index (χ4v) is 3.28. The van der Waals surface area contributed by atoms with Gasteiger partial charge in [-0.15, -0.1) is 0 Å². The number of amides is 1. The minimum atomic E-state index is -0.240. The van der Waals surface area contributed by atoms with Gasteiger partial charge in [-0.25, -0.2) is 4.98 Å². The van der Waals surface area contributed by atoms with Crippen LogP contribution < -0.4 is 10.9 Å². The van der Waals surface area contributed by atoms with E-state index in [9.17, 15) is 9.59 Å². The number of H-pyrrole nitrogens is 1. The molecule has 4 aromatic rings. The standard InChI is InChI=1S/C25H20N6O2/c26-11-23-6-4-18(14-30-23)15-31-25(33)21-9-19(12-27-16-21)8-17-3-5-22(29-13-17)10-20-2-1-7-28-24(20)32/h1-7,9,12-14,16H,8,10,15H2,(H,28,32)(H,31,33). The molecule has 0 saturated heterocycles. The lowest BCUT2D eigenvalue weighted by Crippen LogP contribution is -2.23. The molecular weight excluding hydrogens is 416 g/mol. The maximum Gasteiger partial charge on any atom is 0.253 e. The van der Waals surface area contributed by atoms with Gasteiger partial charge in [-0.3, -0.25) is 19.6 Å². The van der Waals surface area contributed by atoms with E-state index >= 15 is 0 Å². The molecule has 0 spiro atoms. The molecule has 1 amide bonds. The molecule has 0 aromatic carbocycles. The van der Waals surface area contributed by atoms with Crippen LogP contribution in [0.3, 0.4) is 0 Å². The molecule has 0 saturated carbocycles. The molecule has 0 aliphatic rings. The quantitative estimate of drug-likeness (QED) is 0.459. The molecule has 2 N–H and O–H groups in total. The number of nitrogens with zero attached hydrogens (tertiary/aromatic N) is 4. The lowest BCUT2D eigenvalue weighted by Gasteiger charge is -2.07. The van der Waals surface area contributed by atoms with Crippen molar-refractivity contribution in [1.29, 1.82) is 5.26 Å². The number of pyridine rings is 4. The molecule has 0 bridgehead atoms. The number of carbonyl (C=O) groups excluding carboxylic acids is 1. The van der Waals surface area contributed by atoms with E-state index in [1.165, 1.54) is 6.20 Å². The minimum absolute atomic E-state index is 0.111. The number of nitriles is 1. The van der Waals surface area contributed by atoms with Crippen LogP contribution in [0.25, 0.3) is 0 Å². The zero-order valence-electron chi connectivity index (χ0n) is 17.7. The maximum atomic E-state index is 12.5. The molecular formula is C25H20N6O2. The molecule has 0 aliphatic carbocycles. The second-order valence-corrected chi connectivity index (χ2v) is 7.46. The molecule has 8 heteroatoms. The summed E-state index contributed by atoms with van der Waals surface area (Å²) < 4.78 is 0. The van der Waals surface area contributed by atoms with E-state index in [-0.39, 0.29) is 11.5 Å². The summed E-state index contributed by atoms with van der Waals surface area (Å²) >= 11 is 0. The van der Waals surface area contributed by atoms with Gasteiger partial charge in [-0.05, 0) is 41.0 Å². The van der Waals surface area contributed by atoms with Gasteiger partial charge in [-0.2, -0.15) is 5.26 Å². The second-order valence-electron chi connectivity index (χ2n) is 7.46. The van der Waals surface area contributed by atoms with E-state index in [0.717, 1.165) is 22.4 Å². The Labute approximate surface area is 190 Å². The van der Waals surface area contributed by atoms with Crippen molar-refractivity contribution >= 4 is 5.91 Å². The van der Waals surface area contributed by atoms with Crippen molar-refractivity contribution in [3.63, 3.8) is 0 Å². The Kier molecular flexibility index (Phi) is 6.61. The Hall–Kier alpha value is -4.64. The summed E-state index contributed by atoms with van der Waals surface area (Å²) in [5.74, 6) is -0.240. The zero-order chi connectivity index (χ0) is 23.0. The largest absolute Gasteiger partial charge is 0.348 e. The predicted octanol–water partition coefficient (Wildman–Crippen LogP) is 2.54. The van der Waals surface area contributed by atoms with E-state index in [1.54, 1.807) is 55.1 Å². The van der Waals surface area contributed by atoms with Crippen LogP contribution in [0.2, 0.25) is 0 Å². The van der Waals surface area contributed by atoms with Crippen LogP contribution in [0.4, 0.5) is 0 Å².